The summed E-state index contributed by atoms with van der Waals surface area (Å²) in [4.78, 5) is 16.2. The van der Waals surface area contributed by atoms with E-state index in [9.17, 15) is 18.5 Å². The Labute approximate surface area is 191 Å². The summed E-state index contributed by atoms with van der Waals surface area (Å²) in [6.07, 6.45) is 8.18. The van der Waals surface area contributed by atoms with Gasteiger partial charge in [0.1, 0.15) is 5.69 Å². The molecule has 3 fully saturated rings. The van der Waals surface area contributed by atoms with Crippen molar-refractivity contribution >= 4 is 21.4 Å². The fourth-order valence-corrected chi connectivity index (χ4v) is 7.40. The quantitative estimate of drug-likeness (QED) is 0.483. The standard InChI is InChI=1S/C23H36N4O4S/c1-18-9-10-19(2)26(18)20-8-7-13-24(17-20)22-12-11-21(16-23(22)27(28)29)32(30,31)25-14-5-3-4-6-15-25/h11-12,16,18-20H,3-10,13-15,17H2,1-2H3/t18-,19+,20-/m0/s1. The van der Waals surface area contributed by atoms with Crippen molar-refractivity contribution in [2.75, 3.05) is 31.1 Å². The summed E-state index contributed by atoms with van der Waals surface area (Å²) in [6, 6.07) is 5.93. The lowest BCUT2D eigenvalue weighted by molar-refractivity contribution is -0.384. The van der Waals surface area contributed by atoms with Crippen LogP contribution in [0.2, 0.25) is 0 Å². The van der Waals surface area contributed by atoms with E-state index in [-0.39, 0.29) is 10.6 Å². The molecule has 1 aromatic rings. The molecular formula is C23H36N4O4S. The number of nitro groups is 1. The van der Waals surface area contributed by atoms with Crippen LogP contribution in [0.3, 0.4) is 0 Å². The molecule has 9 heteroatoms. The van der Waals surface area contributed by atoms with E-state index in [1.807, 2.05) is 0 Å². The lowest BCUT2D eigenvalue weighted by Crippen LogP contribution is -2.51. The van der Waals surface area contributed by atoms with Gasteiger partial charge in [0.15, 0.2) is 0 Å². The zero-order valence-electron chi connectivity index (χ0n) is 19.3. The van der Waals surface area contributed by atoms with Gasteiger partial charge in [-0.2, -0.15) is 4.31 Å². The van der Waals surface area contributed by atoms with Crippen LogP contribution in [0, 0.1) is 10.1 Å². The lowest BCUT2D eigenvalue weighted by atomic mass is 10.0. The van der Waals surface area contributed by atoms with E-state index in [0.717, 1.165) is 51.6 Å². The molecule has 3 aliphatic heterocycles. The fraction of sp³-hybridized carbons (Fsp3) is 0.739. The molecular weight excluding hydrogens is 428 g/mol. The van der Waals surface area contributed by atoms with Crippen LogP contribution in [0.5, 0.6) is 0 Å². The van der Waals surface area contributed by atoms with E-state index in [1.54, 1.807) is 12.1 Å². The molecule has 3 aliphatic rings. The Kier molecular flexibility index (Phi) is 7.07. The van der Waals surface area contributed by atoms with Crippen molar-refractivity contribution in [2.24, 2.45) is 0 Å². The molecule has 0 radical (unpaired) electrons. The number of nitro benzene ring substituents is 1. The first kappa shape index (κ1) is 23.4. The third kappa shape index (κ3) is 4.65. The third-order valence-corrected chi connectivity index (χ3v) is 9.42. The first-order chi connectivity index (χ1) is 15.3. The maximum Gasteiger partial charge on any atom is 0.293 e. The molecule has 0 spiro atoms. The van der Waals surface area contributed by atoms with Crippen molar-refractivity contribution < 1.29 is 13.3 Å². The number of rotatable bonds is 5. The van der Waals surface area contributed by atoms with Gasteiger partial charge in [0.05, 0.1) is 9.82 Å². The number of benzene rings is 1. The first-order valence-corrected chi connectivity index (χ1v) is 13.5. The van der Waals surface area contributed by atoms with Crippen LogP contribution in [0.25, 0.3) is 0 Å². The van der Waals surface area contributed by atoms with E-state index in [4.69, 9.17) is 0 Å². The van der Waals surface area contributed by atoms with Gasteiger partial charge in [0.2, 0.25) is 10.0 Å². The molecule has 3 atom stereocenters. The summed E-state index contributed by atoms with van der Waals surface area (Å²) in [5.41, 5.74) is 0.429. The molecule has 3 saturated heterocycles. The Hall–Kier alpha value is -1.71. The molecule has 3 heterocycles. The summed E-state index contributed by atoms with van der Waals surface area (Å²) in [7, 11) is -3.73. The first-order valence-electron chi connectivity index (χ1n) is 12.1. The maximum absolute atomic E-state index is 13.2. The van der Waals surface area contributed by atoms with E-state index in [2.05, 4.69) is 23.6 Å². The fourth-order valence-electron chi connectivity index (χ4n) is 5.86. The van der Waals surface area contributed by atoms with Gasteiger partial charge in [-0.05, 0) is 64.5 Å². The van der Waals surface area contributed by atoms with Gasteiger partial charge in [0, 0.05) is 50.4 Å². The normalized spacial score (nSPS) is 28.6. The number of hydrogen-bond acceptors (Lipinski definition) is 6. The van der Waals surface area contributed by atoms with Gasteiger partial charge in [-0.25, -0.2) is 8.42 Å². The Balaban J connectivity index is 1.60. The van der Waals surface area contributed by atoms with Crippen molar-refractivity contribution in [3.8, 4) is 0 Å². The Morgan fingerprint density at radius 1 is 0.938 bits per heavy atom. The van der Waals surface area contributed by atoms with Crippen molar-refractivity contribution in [1.82, 2.24) is 9.21 Å². The van der Waals surface area contributed by atoms with Gasteiger partial charge < -0.3 is 4.90 Å². The maximum atomic E-state index is 13.2. The van der Waals surface area contributed by atoms with E-state index in [1.165, 1.54) is 23.2 Å². The molecule has 0 aliphatic carbocycles. The number of piperidine rings is 1. The Morgan fingerprint density at radius 2 is 1.59 bits per heavy atom. The van der Waals surface area contributed by atoms with Crippen molar-refractivity contribution in [3.63, 3.8) is 0 Å². The van der Waals surface area contributed by atoms with Crippen LogP contribution in [0.15, 0.2) is 23.1 Å². The Morgan fingerprint density at radius 3 is 2.22 bits per heavy atom. The van der Waals surface area contributed by atoms with E-state index < -0.39 is 14.9 Å². The molecule has 4 rings (SSSR count). The molecule has 0 amide bonds. The van der Waals surface area contributed by atoms with Crippen LogP contribution in [0.1, 0.15) is 65.2 Å². The zero-order chi connectivity index (χ0) is 22.9. The highest BCUT2D eigenvalue weighted by molar-refractivity contribution is 7.89. The molecule has 1 aromatic carbocycles. The van der Waals surface area contributed by atoms with Crippen LogP contribution < -0.4 is 4.90 Å². The van der Waals surface area contributed by atoms with Crippen LogP contribution >= 0.6 is 0 Å². The largest absolute Gasteiger partial charge is 0.364 e. The van der Waals surface area contributed by atoms with Gasteiger partial charge in [-0.1, -0.05) is 12.8 Å². The van der Waals surface area contributed by atoms with Crippen molar-refractivity contribution in [3.05, 3.63) is 28.3 Å². The van der Waals surface area contributed by atoms with Crippen molar-refractivity contribution in [2.45, 2.75) is 88.2 Å². The molecule has 8 nitrogen and oxygen atoms in total. The molecule has 0 aromatic heterocycles. The zero-order valence-corrected chi connectivity index (χ0v) is 20.1. The summed E-state index contributed by atoms with van der Waals surface area (Å²) >= 11 is 0. The van der Waals surface area contributed by atoms with Gasteiger partial charge >= 0.3 is 0 Å². The highest BCUT2D eigenvalue weighted by atomic mass is 32.2. The van der Waals surface area contributed by atoms with Gasteiger partial charge in [-0.3, -0.25) is 15.0 Å². The average molecular weight is 465 g/mol. The summed E-state index contributed by atoms with van der Waals surface area (Å²) in [6.45, 7) is 7.01. The minimum Gasteiger partial charge on any atom is -0.364 e. The average Bonchev–Trinajstić information content (AvgIpc) is 2.97. The second-order valence-electron chi connectivity index (χ2n) is 9.69. The van der Waals surface area contributed by atoms with E-state index in [0.29, 0.717) is 36.9 Å². The highest BCUT2D eigenvalue weighted by Crippen LogP contribution is 2.36. The highest BCUT2D eigenvalue weighted by Gasteiger charge is 2.37. The van der Waals surface area contributed by atoms with Gasteiger partial charge in [-0.15, -0.1) is 0 Å². The lowest BCUT2D eigenvalue weighted by Gasteiger charge is -2.42. The summed E-state index contributed by atoms with van der Waals surface area (Å²) in [5.74, 6) is 0. The van der Waals surface area contributed by atoms with E-state index >= 15 is 0 Å². The molecule has 0 unspecified atom stereocenters. The SMILES string of the molecule is C[C@@H]1CC[C@H](C)N1[C@H]1CCCN(c2ccc(S(=O)(=O)N3CCCCCC3)cc2[N+](=O)[O-])C1. The molecule has 0 N–H and O–H groups in total. The molecule has 32 heavy (non-hydrogen) atoms. The minimum absolute atomic E-state index is 0.0326. The van der Waals surface area contributed by atoms with Crippen molar-refractivity contribution in [1.29, 1.82) is 0 Å². The summed E-state index contributed by atoms with van der Waals surface area (Å²) < 4.78 is 27.9. The number of anilines is 1. The van der Waals surface area contributed by atoms with Crippen LogP contribution in [-0.2, 0) is 10.0 Å². The Bertz CT molecular complexity index is 920. The van der Waals surface area contributed by atoms with Crippen LogP contribution in [0.4, 0.5) is 11.4 Å². The predicted molar refractivity (Wildman–Crippen MR) is 126 cm³/mol. The smallest absolute Gasteiger partial charge is 0.293 e. The number of hydrogen-bond donors (Lipinski definition) is 0. The predicted octanol–water partition coefficient (Wildman–Crippen LogP) is 4.00. The molecule has 0 saturated carbocycles. The topological polar surface area (TPSA) is 87.0 Å². The minimum atomic E-state index is -3.73. The summed E-state index contributed by atoms with van der Waals surface area (Å²) in [5, 5.41) is 12.0. The second-order valence-corrected chi connectivity index (χ2v) is 11.6. The number of nitrogens with zero attached hydrogens (tertiary/aromatic N) is 4. The number of sulfonamides is 1. The molecule has 0 bridgehead atoms. The molecule has 178 valence electrons. The van der Waals surface area contributed by atoms with Gasteiger partial charge in [0.25, 0.3) is 5.69 Å². The second kappa shape index (κ2) is 9.65. The van der Waals surface area contributed by atoms with Crippen LogP contribution in [-0.4, -0.2) is 66.9 Å². The third-order valence-electron chi connectivity index (χ3n) is 7.53. The monoisotopic (exact) mass is 464 g/mol. The number of likely N-dealkylation sites (tertiary alicyclic amines) is 1.